The van der Waals surface area contributed by atoms with Crippen LogP contribution in [0.1, 0.15) is 5.56 Å². The van der Waals surface area contributed by atoms with Gasteiger partial charge in [-0.15, -0.1) is 0 Å². The first-order valence-electron chi connectivity index (χ1n) is 5.51. The first-order chi connectivity index (χ1) is 8.88. The van der Waals surface area contributed by atoms with Crippen molar-refractivity contribution < 1.29 is 23.2 Å². The van der Waals surface area contributed by atoms with Crippen LogP contribution >= 0.6 is 0 Å². The van der Waals surface area contributed by atoms with Crippen LogP contribution in [0.2, 0.25) is 0 Å². The van der Waals surface area contributed by atoms with Crippen molar-refractivity contribution in [2.75, 3.05) is 0 Å². The largest absolute Gasteiger partial charge is 0.488 e. The van der Waals surface area contributed by atoms with Crippen LogP contribution in [0.25, 0.3) is 11.1 Å². The van der Waals surface area contributed by atoms with Crippen molar-refractivity contribution >= 4 is 12.6 Å². The van der Waals surface area contributed by atoms with Gasteiger partial charge in [-0.25, -0.2) is 0 Å². The summed E-state index contributed by atoms with van der Waals surface area (Å²) in [6.07, 6.45) is -4.36. The summed E-state index contributed by atoms with van der Waals surface area (Å²) in [5.74, 6) is 0. The molecule has 2 nitrogen and oxygen atoms in total. The quantitative estimate of drug-likeness (QED) is 0.817. The van der Waals surface area contributed by atoms with E-state index in [1.807, 2.05) is 0 Å². The molecule has 2 rings (SSSR count). The van der Waals surface area contributed by atoms with Crippen molar-refractivity contribution in [2.45, 2.75) is 6.18 Å². The summed E-state index contributed by atoms with van der Waals surface area (Å²) in [5, 5.41) is 18.1. The zero-order valence-electron chi connectivity index (χ0n) is 9.72. The summed E-state index contributed by atoms with van der Waals surface area (Å²) in [4.78, 5) is 0. The first kappa shape index (κ1) is 13.6. The van der Waals surface area contributed by atoms with E-state index < -0.39 is 18.9 Å². The molecular formula is C13H10BF3O2. The summed E-state index contributed by atoms with van der Waals surface area (Å²) < 4.78 is 37.3. The average Bonchev–Trinajstić information content (AvgIpc) is 2.38. The molecule has 0 fully saturated rings. The minimum atomic E-state index is -4.36. The standard InChI is InChI=1S/C13H10BF3O2/c15-13(16,17)11-6-4-9(5-7-11)10-2-1-3-12(8-10)14(18)19/h1-8,18-19H. The van der Waals surface area contributed by atoms with Gasteiger partial charge in [0.05, 0.1) is 5.56 Å². The van der Waals surface area contributed by atoms with Gasteiger partial charge < -0.3 is 10.0 Å². The van der Waals surface area contributed by atoms with Crippen LogP contribution in [-0.4, -0.2) is 17.2 Å². The molecule has 0 unspecified atom stereocenters. The lowest BCUT2D eigenvalue weighted by Gasteiger charge is -2.08. The second kappa shape index (κ2) is 5.07. The van der Waals surface area contributed by atoms with E-state index >= 15 is 0 Å². The van der Waals surface area contributed by atoms with Gasteiger partial charge in [0.1, 0.15) is 0 Å². The zero-order chi connectivity index (χ0) is 14.0. The van der Waals surface area contributed by atoms with Crippen LogP contribution in [0, 0.1) is 0 Å². The summed E-state index contributed by atoms with van der Waals surface area (Å²) in [6, 6.07) is 11.0. The molecule has 2 aromatic rings. The number of hydrogen-bond donors (Lipinski definition) is 2. The van der Waals surface area contributed by atoms with E-state index in [1.165, 1.54) is 24.3 Å². The fourth-order valence-corrected chi connectivity index (χ4v) is 1.73. The Morgan fingerprint density at radius 3 is 2.00 bits per heavy atom. The molecule has 0 amide bonds. The van der Waals surface area contributed by atoms with Crippen molar-refractivity contribution in [3.05, 3.63) is 54.1 Å². The van der Waals surface area contributed by atoms with E-state index in [0.717, 1.165) is 12.1 Å². The van der Waals surface area contributed by atoms with Gasteiger partial charge in [-0.1, -0.05) is 36.4 Å². The van der Waals surface area contributed by atoms with Crippen LogP contribution < -0.4 is 5.46 Å². The molecule has 19 heavy (non-hydrogen) atoms. The van der Waals surface area contributed by atoms with E-state index in [2.05, 4.69) is 0 Å². The lowest BCUT2D eigenvalue weighted by atomic mass is 9.79. The monoisotopic (exact) mass is 266 g/mol. The van der Waals surface area contributed by atoms with Crippen molar-refractivity contribution in [3.8, 4) is 11.1 Å². The van der Waals surface area contributed by atoms with Gasteiger partial charge in [-0.2, -0.15) is 13.2 Å². The Kier molecular flexibility index (Phi) is 3.64. The predicted molar refractivity (Wildman–Crippen MR) is 66.7 cm³/mol. The number of halogens is 3. The Labute approximate surface area is 108 Å². The van der Waals surface area contributed by atoms with Crippen LogP contribution in [0.15, 0.2) is 48.5 Å². The van der Waals surface area contributed by atoms with Gasteiger partial charge in [0, 0.05) is 0 Å². The van der Waals surface area contributed by atoms with Gasteiger partial charge in [0.2, 0.25) is 0 Å². The smallest absolute Gasteiger partial charge is 0.423 e. The van der Waals surface area contributed by atoms with Crippen molar-refractivity contribution in [3.63, 3.8) is 0 Å². The van der Waals surface area contributed by atoms with Gasteiger partial charge >= 0.3 is 13.3 Å². The molecule has 0 saturated heterocycles. The minimum absolute atomic E-state index is 0.289. The van der Waals surface area contributed by atoms with Crippen molar-refractivity contribution in [1.82, 2.24) is 0 Å². The lowest BCUT2D eigenvalue weighted by molar-refractivity contribution is -0.137. The fraction of sp³-hybridized carbons (Fsp3) is 0.0769. The summed E-state index contributed by atoms with van der Waals surface area (Å²) in [5.41, 5.74) is 0.779. The Balaban J connectivity index is 2.35. The minimum Gasteiger partial charge on any atom is -0.423 e. The van der Waals surface area contributed by atoms with Crippen LogP contribution in [0.5, 0.6) is 0 Å². The van der Waals surface area contributed by atoms with Crippen molar-refractivity contribution in [2.24, 2.45) is 0 Å². The van der Waals surface area contributed by atoms with E-state index in [0.29, 0.717) is 11.1 Å². The molecule has 2 N–H and O–H groups in total. The molecule has 6 heteroatoms. The van der Waals surface area contributed by atoms with Crippen LogP contribution in [-0.2, 0) is 6.18 Å². The average molecular weight is 266 g/mol. The maximum absolute atomic E-state index is 12.4. The molecule has 0 aliphatic rings. The summed E-state index contributed by atoms with van der Waals surface area (Å²) in [6.45, 7) is 0. The fourth-order valence-electron chi connectivity index (χ4n) is 1.73. The molecule has 0 aliphatic carbocycles. The topological polar surface area (TPSA) is 40.5 Å². The van der Waals surface area contributed by atoms with Gasteiger partial charge in [-0.3, -0.25) is 0 Å². The van der Waals surface area contributed by atoms with E-state index in [1.54, 1.807) is 12.1 Å². The van der Waals surface area contributed by atoms with E-state index in [4.69, 9.17) is 10.0 Å². The molecule has 0 aliphatic heterocycles. The third kappa shape index (κ3) is 3.16. The van der Waals surface area contributed by atoms with E-state index in [-0.39, 0.29) is 5.46 Å². The molecule has 2 aromatic carbocycles. The maximum atomic E-state index is 12.4. The number of alkyl halides is 3. The lowest BCUT2D eigenvalue weighted by Crippen LogP contribution is -2.29. The predicted octanol–water partition coefficient (Wildman–Crippen LogP) is 2.05. The summed E-state index contributed by atoms with van der Waals surface area (Å²) >= 11 is 0. The summed E-state index contributed by atoms with van der Waals surface area (Å²) in [7, 11) is -1.60. The van der Waals surface area contributed by atoms with Gasteiger partial charge in [0.25, 0.3) is 0 Å². The second-order valence-electron chi connectivity index (χ2n) is 4.07. The molecule has 0 aromatic heterocycles. The van der Waals surface area contributed by atoms with Crippen LogP contribution in [0.4, 0.5) is 13.2 Å². The second-order valence-corrected chi connectivity index (χ2v) is 4.07. The SMILES string of the molecule is OB(O)c1cccc(-c2ccc(C(F)(F)F)cc2)c1. The molecule has 0 spiro atoms. The maximum Gasteiger partial charge on any atom is 0.488 e. The Hall–Kier alpha value is -1.79. The third-order valence-corrected chi connectivity index (χ3v) is 2.73. The first-order valence-corrected chi connectivity index (χ1v) is 5.51. The third-order valence-electron chi connectivity index (χ3n) is 2.73. The zero-order valence-corrected chi connectivity index (χ0v) is 9.72. The molecule has 0 heterocycles. The Bertz CT molecular complexity index is 565. The molecular weight excluding hydrogens is 256 g/mol. The number of benzene rings is 2. The normalized spacial score (nSPS) is 11.4. The van der Waals surface area contributed by atoms with Crippen LogP contribution in [0.3, 0.4) is 0 Å². The molecule has 0 saturated carbocycles. The molecule has 0 radical (unpaired) electrons. The number of hydrogen-bond acceptors (Lipinski definition) is 2. The van der Waals surface area contributed by atoms with Crippen molar-refractivity contribution in [1.29, 1.82) is 0 Å². The Morgan fingerprint density at radius 1 is 0.842 bits per heavy atom. The Morgan fingerprint density at radius 2 is 1.47 bits per heavy atom. The van der Waals surface area contributed by atoms with Gasteiger partial charge in [0.15, 0.2) is 0 Å². The highest BCUT2D eigenvalue weighted by Crippen LogP contribution is 2.30. The molecule has 98 valence electrons. The van der Waals surface area contributed by atoms with E-state index in [9.17, 15) is 13.2 Å². The molecule has 0 atom stereocenters. The number of rotatable bonds is 2. The highest BCUT2D eigenvalue weighted by atomic mass is 19.4. The highest BCUT2D eigenvalue weighted by Gasteiger charge is 2.29. The highest BCUT2D eigenvalue weighted by molar-refractivity contribution is 6.58. The molecule has 0 bridgehead atoms. The van der Waals surface area contributed by atoms with Gasteiger partial charge in [-0.05, 0) is 28.7 Å².